The lowest BCUT2D eigenvalue weighted by Crippen LogP contribution is -2.36. The van der Waals surface area contributed by atoms with E-state index in [0.29, 0.717) is 11.6 Å². The molecule has 3 aromatic rings. The predicted molar refractivity (Wildman–Crippen MR) is 102 cm³/mol. The van der Waals surface area contributed by atoms with Gasteiger partial charge in [-0.1, -0.05) is 36.7 Å². The summed E-state index contributed by atoms with van der Waals surface area (Å²) in [6.07, 6.45) is 1.81. The van der Waals surface area contributed by atoms with Crippen molar-refractivity contribution in [1.82, 2.24) is 20.1 Å². The molecule has 2 heterocycles. The summed E-state index contributed by atoms with van der Waals surface area (Å²) in [5.74, 6) is -0.0264. The van der Waals surface area contributed by atoms with Crippen LogP contribution in [0.3, 0.4) is 0 Å². The van der Waals surface area contributed by atoms with Gasteiger partial charge < -0.3 is 10.1 Å². The van der Waals surface area contributed by atoms with Crippen LogP contribution < -0.4 is 10.1 Å². The lowest BCUT2D eigenvalue weighted by molar-refractivity contribution is -0.127. The van der Waals surface area contributed by atoms with E-state index in [-0.39, 0.29) is 11.8 Å². The van der Waals surface area contributed by atoms with Crippen molar-refractivity contribution in [2.24, 2.45) is 0 Å². The number of carbonyl (C=O) groups excluding carboxylic acids is 1. The Morgan fingerprint density at radius 3 is 2.85 bits per heavy atom. The zero-order valence-corrected chi connectivity index (χ0v) is 16.0. The normalized spacial score (nSPS) is 12.0. The molecule has 0 radical (unpaired) electrons. The summed E-state index contributed by atoms with van der Waals surface area (Å²) in [6, 6.07) is 9.54. The average Bonchev–Trinajstić information content (AvgIpc) is 3.27. The maximum Gasteiger partial charge on any atom is 0.261 e. The van der Waals surface area contributed by atoms with Gasteiger partial charge in [-0.25, -0.2) is 9.67 Å². The molecule has 0 spiro atoms. The van der Waals surface area contributed by atoms with Gasteiger partial charge in [0.15, 0.2) is 6.10 Å². The number of carbonyl (C=O) groups is 1. The molecule has 6 nitrogen and oxygen atoms in total. The minimum atomic E-state index is -0.726. The molecule has 1 amide bonds. The molecule has 1 atom stereocenters. The minimum absolute atomic E-state index is 0.222. The lowest BCUT2D eigenvalue weighted by atomic mass is 10.3. The molecule has 0 aliphatic carbocycles. The second kappa shape index (κ2) is 8.33. The summed E-state index contributed by atoms with van der Waals surface area (Å²) in [7, 11) is 0. The van der Waals surface area contributed by atoms with Gasteiger partial charge in [-0.3, -0.25) is 4.79 Å². The molecule has 0 saturated heterocycles. The van der Waals surface area contributed by atoms with Gasteiger partial charge in [0, 0.05) is 5.38 Å². The van der Waals surface area contributed by atoms with Crippen LogP contribution in [-0.2, 0) is 17.8 Å². The molecule has 1 N–H and O–H groups in total. The molecule has 2 aromatic heterocycles. The first kappa shape index (κ1) is 18.4. The fraction of sp³-hybridized carbons (Fsp3) is 0.278. The third-order valence-electron chi connectivity index (χ3n) is 3.66. The number of thiazole rings is 1. The van der Waals surface area contributed by atoms with Crippen LogP contribution in [0, 0.1) is 0 Å². The van der Waals surface area contributed by atoms with Crippen LogP contribution >= 0.6 is 22.9 Å². The van der Waals surface area contributed by atoms with Gasteiger partial charge in [0.05, 0.1) is 29.1 Å². The Morgan fingerprint density at radius 1 is 1.38 bits per heavy atom. The standard InChI is InChI=1S/C18H19ClN4O2S/c1-3-16-21-13(11-26-16)9-20-17(24)12(2)25-18-15(19)10-23(22-18)14-7-5-4-6-8-14/h4-8,10-12H,3,9H2,1-2H3,(H,20,24)/t12-/m1/s1. The number of para-hydroxylation sites is 1. The van der Waals surface area contributed by atoms with Gasteiger partial charge in [0.1, 0.15) is 5.02 Å². The Morgan fingerprint density at radius 2 is 2.15 bits per heavy atom. The van der Waals surface area contributed by atoms with Crippen LogP contribution in [0.1, 0.15) is 24.5 Å². The molecule has 0 bridgehead atoms. The number of rotatable bonds is 7. The predicted octanol–water partition coefficient (Wildman–Crippen LogP) is 3.63. The average molecular weight is 391 g/mol. The van der Waals surface area contributed by atoms with E-state index in [1.165, 1.54) is 0 Å². The van der Waals surface area contributed by atoms with E-state index in [4.69, 9.17) is 16.3 Å². The summed E-state index contributed by atoms with van der Waals surface area (Å²) in [5.41, 5.74) is 1.70. The third-order valence-corrected chi connectivity index (χ3v) is 4.96. The maximum atomic E-state index is 12.2. The van der Waals surface area contributed by atoms with E-state index in [0.717, 1.165) is 22.8 Å². The number of aryl methyl sites for hydroxylation is 1. The summed E-state index contributed by atoms with van der Waals surface area (Å²) in [6.45, 7) is 4.08. The quantitative estimate of drug-likeness (QED) is 0.668. The van der Waals surface area contributed by atoms with E-state index in [1.54, 1.807) is 29.1 Å². The number of nitrogens with zero attached hydrogens (tertiary/aromatic N) is 3. The number of ether oxygens (including phenoxy) is 1. The van der Waals surface area contributed by atoms with Crippen molar-refractivity contribution in [1.29, 1.82) is 0 Å². The van der Waals surface area contributed by atoms with Gasteiger partial charge in [0.2, 0.25) is 0 Å². The van der Waals surface area contributed by atoms with Crippen LogP contribution in [0.25, 0.3) is 5.69 Å². The molecule has 0 aliphatic heterocycles. The van der Waals surface area contributed by atoms with E-state index >= 15 is 0 Å². The molecule has 0 fully saturated rings. The highest BCUT2D eigenvalue weighted by molar-refractivity contribution is 7.09. The largest absolute Gasteiger partial charge is 0.462 e. The number of amides is 1. The molecule has 0 saturated carbocycles. The Labute approximate surface area is 160 Å². The summed E-state index contributed by atoms with van der Waals surface area (Å²) in [4.78, 5) is 16.7. The molecular weight excluding hydrogens is 372 g/mol. The zero-order chi connectivity index (χ0) is 18.5. The first-order valence-corrected chi connectivity index (χ1v) is 9.50. The van der Waals surface area contributed by atoms with Crippen molar-refractivity contribution < 1.29 is 9.53 Å². The van der Waals surface area contributed by atoms with Gasteiger partial charge in [-0.15, -0.1) is 16.4 Å². The topological polar surface area (TPSA) is 69.0 Å². The molecule has 0 unspecified atom stereocenters. The van der Waals surface area contributed by atoms with Gasteiger partial charge in [-0.2, -0.15) is 0 Å². The highest BCUT2D eigenvalue weighted by atomic mass is 35.5. The summed E-state index contributed by atoms with van der Waals surface area (Å²) < 4.78 is 7.25. The van der Waals surface area contributed by atoms with Crippen LogP contribution in [-0.4, -0.2) is 26.8 Å². The SMILES string of the molecule is CCc1nc(CNC(=O)[C@@H](C)Oc2nn(-c3ccccc3)cc2Cl)cs1. The van der Waals surface area contributed by atoms with Gasteiger partial charge >= 0.3 is 0 Å². The van der Waals surface area contributed by atoms with Crippen LogP contribution in [0.2, 0.25) is 5.02 Å². The molecule has 136 valence electrons. The fourth-order valence-electron chi connectivity index (χ4n) is 2.26. The zero-order valence-electron chi connectivity index (χ0n) is 14.5. The first-order chi connectivity index (χ1) is 12.6. The Hall–Kier alpha value is -2.38. The van der Waals surface area contributed by atoms with Crippen LogP contribution in [0.15, 0.2) is 41.9 Å². The molecule has 26 heavy (non-hydrogen) atoms. The molecular formula is C18H19ClN4O2S. The second-order valence-electron chi connectivity index (χ2n) is 5.63. The highest BCUT2D eigenvalue weighted by Gasteiger charge is 2.19. The Kier molecular flexibility index (Phi) is 5.90. The van der Waals surface area contributed by atoms with Crippen LogP contribution in [0.5, 0.6) is 5.88 Å². The second-order valence-corrected chi connectivity index (χ2v) is 6.98. The first-order valence-electron chi connectivity index (χ1n) is 8.25. The number of nitrogens with one attached hydrogen (secondary N) is 1. The third kappa shape index (κ3) is 4.42. The number of benzene rings is 1. The number of hydrogen-bond acceptors (Lipinski definition) is 5. The van der Waals surface area contributed by atoms with Crippen LogP contribution in [0.4, 0.5) is 0 Å². The van der Waals surface area contributed by atoms with Crippen molar-refractivity contribution in [3.8, 4) is 11.6 Å². The molecule has 1 aromatic carbocycles. The number of halogens is 1. The van der Waals surface area contributed by atoms with Crippen molar-refractivity contribution in [2.75, 3.05) is 0 Å². The summed E-state index contributed by atoms with van der Waals surface area (Å²) in [5, 5.41) is 10.5. The Bertz CT molecular complexity index is 878. The van der Waals surface area contributed by atoms with E-state index < -0.39 is 6.10 Å². The number of hydrogen-bond donors (Lipinski definition) is 1. The van der Waals surface area contributed by atoms with Gasteiger partial charge in [0.25, 0.3) is 11.8 Å². The van der Waals surface area contributed by atoms with E-state index in [2.05, 4.69) is 22.3 Å². The molecule has 8 heteroatoms. The smallest absolute Gasteiger partial charge is 0.261 e. The molecule has 3 rings (SSSR count). The van der Waals surface area contributed by atoms with E-state index in [9.17, 15) is 4.79 Å². The summed E-state index contributed by atoms with van der Waals surface area (Å²) >= 11 is 7.78. The van der Waals surface area contributed by atoms with Crippen molar-refractivity contribution in [3.05, 3.63) is 57.6 Å². The van der Waals surface area contributed by atoms with E-state index in [1.807, 2.05) is 35.7 Å². The Balaban J connectivity index is 1.59. The van der Waals surface area contributed by atoms with Crippen molar-refractivity contribution in [3.63, 3.8) is 0 Å². The highest BCUT2D eigenvalue weighted by Crippen LogP contribution is 2.25. The molecule has 0 aliphatic rings. The monoisotopic (exact) mass is 390 g/mol. The number of aromatic nitrogens is 3. The van der Waals surface area contributed by atoms with Crippen molar-refractivity contribution in [2.45, 2.75) is 32.9 Å². The lowest BCUT2D eigenvalue weighted by Gasteiger charge is -2.12. The minimum Gasteiger partial charge on any atom is -0.462 e. The van der Waals surface area contributed by atoms with Gasteiger partial charge in [-0.05, 0) is 25.5 Å². The van der Waals surface area contributed by atoms with Crippen molar-refractivity contribution >= 4 is 28.8 Å². The maximum absolute atomic E-state index is 12.2. The fourth-order valence-corrected chi connectivity index (χ4v) is 3.18.